The van der Waals surface area contributed by atoms with E-state index in [0.717, 1.165) is 0 Å². The second-order valence-corrected chi connectivity index (χ2v) is 7.58. The number of carbonyl (C=O) groups excluding carboxylic acids is 1. The van der Waals surface area contributed by atoms with E-state index in [0.29, 0.717) is 28.0 Å². The van der Waals surface area contributed by atoms with Crippen LogP contribution < -0.4 is 10.6 Å². The Kier molecular flexibility index (Phi) is 10.4. The van der Waals surface area contributed by atoms with Crippen molar-refractivity contribution in [2.24, 2.45) is 4.99 Å². The summed E-state index contributed by atoms with van der Waals surface area (Å²) in [4.78, 5) is 30.8. The third-order valence-electron chi connectivity index (χ3n) is 3.96. The second-order valence-electron chi connectivity index (χ2n) is 6.09. The Hall–Kier alpha value is -3.51. The van der Waals surface area contributed by atoms with Crippen LogP contribution in [0.5, 0.6) is 0 Å². The minimum Gasteiger partial charge on any atom is -0.477 e. The molecule has 0 fully saturated rings. The number of hydrogen-bond acceptors (Lipinski definition) is 8. The third-order valence-corrected chi connectivity index (χ3v) is 5.20. The van der Waals surface area contributed by atoms with Gasteiger partial charge < -0.3 is 15.7 Å². The molecule has 0 atom stereocenters. The van der Waals surface area contributed by atoms with E-state index in [1.165, 1.54) is 48.3 Å². The molecule has 2 aromatic heterocycles. The Bertz CT molecular complexity index is 1160. The number of carboxylic acids is 1. The molecule has 3 rings (SSSR count). The van der Waals surface area contributed by atoms with E-state index in [1.807, 2.05) is 13.8 Å². The lowest BCUT2D eigenvalue weighted by atomic mass is 10.2. The second kappa shape index (κ2) is 13.3. The van der Waals surface area contributed by atoms with E-state index >= 15 is 0 Å². The lowest BCUT2D eigenvalue weighted by Gasteiger charge is -2.08. The molecule has 0 bridgehead atoms. The van der Waals surface area contributed by atoms with Crippen molar-refractivity contribution >= 4 is 46.8 Å². The largest absolute Gasteiger partial charge is 0.477 e. The van der Waals surface area contributed by atoms with Gasteiger partial charge in [-0.25, -0.2) is 18.8 Å². The van der Waals surface area contributed by atoms with Crippen molar-refractivity contribution in [3.05, 3.63) is 64.3 Å². The highest BCUT2D eigenvalue weighted by Crippen LogP contribution is 2.23. The molecule has 34 heavy (non-hydrogen) atoms. The summed E-state index contributed by atoms with van der Waals surface area (Å²) < 4.78 is 18.2. The lowest BCUT2D eigenvalue weighted by Crippen LogP contribution is -2.26. The summed E-state index contributed by atoms with van der Waals surface area (Å²) in [6, 6.07) is 6.78. The number of aromatic nitrogens is 3. The molecule has 180 valence electrons. The van der Waals surface area contributed by atoms with Crippen LogP contribution in [0.1, 0.15) is 40.4 Å². The van der Waals surface area contributed by atoms with Gasteiger partial charge in [-0.05, 0) is 40.6 Å². The standard InChI is InChI=1S/C19H16ClFN6O4S.C2H6/c1-22-16(25-11-3-4-13(21)12(20)8-11)15-18(27-31-26-15)32-7-6-23-17(28)10-2-5-14(19(29)30)24-9-10;1-2/h2-5,8-9H,6-7H2,1H3,(H,22,25)(H,23,28)(H,29,30);1-2H3. The van der Waals surface area contributed by atoms with Crippen molar-refractivity contribution in [2.45, 2.75) is 18.9 Å². The van der Waals surface area contributed by atoms with Crippen LogP contribution in [0.25, 0.3) is 0 Å². The number of pyridine rings is 1. The van der Waals surface area contributed by atoms with E-state index in [-0.39, 0.29) is 28.7 Å². The van der Waals surface area contributed by atoms with Gasteiger partial charge in [-0.3, -0.25) is 9.79 Å². The molecule has 0 spiro atoms. The van der Waals surface area contributed by atoms with Gasteiger partial charge in [0.2, 0.25) is 0 Å². The van der Waals surface area contributed by atoms with Crippen molar-refractivity contribution in [1.82, 2.24) is 20.6 Å². The minimum atomic E-state index is -1.17. The monoisotopic (exact) mass is 508 g/mol. The SMILES string of the molecule is CC.CN=C(Nc1ccc(F)c(Cl)c1)c1nonc1SCCNC(=O)c1ccc(C(=O)O)nc1. The van der Waals surface area contributed by atoms with Gasteiger partial charge in [0.05, 0.1) is 10.6 Å². The molecule has 3 aromatic rings. The first-order chi connectivity index (χ1) is 16.4. The van der Waals surface area contributed by atoms with E-state index < -0.39 is 11.8 Å². The molecule has 0 unspecified atom stereocenters. The number of aromatic carboxylic acids is 1. The van der Waals surface area contributed by atoms with Crippen molar-refractivity contribution < 1.29 is 23.7 Å². The molecule has 0 aliphatic carbocycles. The summed E-state index contributed by atoms with van der Waals surface area (Å²) in [7, 11) is 1.54. The summed E-state index contributed by atoms with van der Waals surface area (Å²) >= 11 is 7.08. The van der Waals surface area contributed by atoms with Crippen LogP contribution in [0.3, 0.4) is 0 Å². The molecule has 0 aliphatic rings. The van der Waals surface area contributed by atoms with Crippen molar-refractivity contribution in [3.63, 3.8) is 0 Å². The van der Waals surface area contributed by atoms with Gasteiger partial charge in [0.15, 0.2) is 16.6 Å². The Morgan fingerprint density at radius 2 is 2.00 bits per heavy atom. The zero-order valence-corrected chi connectivity index (χ0v) is 20.1. The Labute approximate surface area is 204 Å². The fourth-order valence-electron chi connectivity index (χ4n) is 2.42. The van der Waals surface area contributed by atoms with Crippen LogP contribution in [0.2, 0.25) is 5.02 Å². The van der Waals surface area contributed by atoms with Gasteiger partial charge >= 0.3 is 5.97 Å². The molecular formula is C21H22ClFN6O4S. The van der Waals surface area contributed by atoms with Crippen LogP contribution >= 0.6 is 23.4 Å². The molecule has 10 nitrogen and oxygen atoms in total. The number of thioether (sulfide) groups is 1. The molecular weight excluding hydrogens is 487 g/mol. The lowest BCUT2D eigenvalue weighted by molar-refractivity contribution is 0.0689. The fourth-order valence-corrected chi connectivity index (χ4v) is 3.36. The topological polar surface area (TPSA) is 143 Å². The minimum absolute atomic E-state index is 0.0399. The third kappa shape index (κ3) is 7.25. The molecule has 0 saturated carbocycles. The van der Waals surface area contributed by atoms with E-state index in [4.69, 9.17) is 21.3 Å². The van der Waals surface area contributed by atoms with Crippen molar-refractivity contribution in [2.75, 3.05) is 24.7 Å². The summed E-state index contributed by atoms with van der Waals surface area (Å²) in [5.74, 6) is -1.32. The van der Waals surface area contributed by atoms with Gasteiger partial charge in [-0.2, -0.15) is 0 Å². The van der Waals surface area contributed by atoms with Gasteiger partial charge in [0.1, 0.15) is 11.5 Å². The molecule has 3 N–H and O–H groups in total. The Morgan fingerprint density at radius 1 is 1.24 bits per heavy atom. The number of anilines is 1. The summed E-state index contributed by atoms with van der Waals surface area (Å²) in [5, 5.41) is 22.6. The molecule has 0 saturated heterocycles. The summed E-state index contributed by atoms with van der Waals surface area (Å²) in [5.41, 5.74) is 0.947. The number of carboxylic acid groups (broad SMARTS) is 1. The molecule has 13 heteroatoms. The molecule has 0 radical (unpaired) electrons. The predicted octanol–water partition coefficient (Wildman–Crippen LogP) is 3.99. The highest BCUT2D eigenvalue weighted by atomic mass is 35.5. The molecule has 1 aromatic carbocycles. The average molecular weight is 509 g/mol. The molecule has 1 amide bonds. The number of halogens is 2. The van der Waals surface area contributed by atoms with E-state index in [9.17, 15) is 14.0 Å². The van der Waals surface area contributed by atoms with Gasteiger partial charge in [0.25, 0.3) is 5.91 Å². The summed E-state index contributed by atoms with van der Waals surface area (Å²) in [6.07, 6.45) is 1.20. The maximum Gasteiger partial charge on any atom is 0.354 e. The van der Waals surface area contributed by atoms with Crippen molar-refractivity contribution in [3.8, 4) is 0 Å². The zero-order chi connectivity index (χ0) is 25.1. The smallest absolute Gasteiger partial charge is 0.354 e. The van der Waals surface area contributed by atoms with Gasteiger partial charge in [-0.1, -0.05) is 37.2 Å². The maximum atomic E-state index is 13.4. The van der Waals surface area contributed by atoms with Crippen LogP contribution in [0.4, 0.5) is 10.1 Å². The normalized spacial score (nSPS) is 10.8. The first-order valence-electron chi connectivity index (χ1n) is 10.0. The fraction of sp³-hybridized carbons (Fsp3) is 0.238. The number of nitrogens with one attached hydrogen (secondary N) is 2. The van der Waals surface area contributed by atoms with Crippen LogP contribution in [-0.4, -0.2) is 57.5 Å². The number of amides is 1. The van der Waals surface area contributed by atoms with Gasteiger partial charge in [0, 0.05) is 31.2 Å². The summed E-state index contributed by atoms with van der Waals surface area (Å²) in [6.45, 7) is 4.29. The first-order valence-corrected chi connectivity index (χ1v) is 11.4. The quantitative estimate of drug-likeness (QED) is 0.178. The number of hydrogen-bond donors (Lipinski definition) is 3. The Balaban J connectivity index is 0.00000199. The number of rotatable bonds is 8. The Morgan fingerprint density at radius 3 is 2.62 bits per heavy atom. The molecule has 2 heterocycles. The van der Waals surface area contributed by atoms with Crippen LogP contribution in [0.15, 0.2) is 51.2 Å². The number of aliphatic imine (C=N–C) groups is 1. The predicted molar refractivity (Wildman–Crippen MR) is 127 cm³/mol. The average Bonchev–Trinajstić information content (AvgIpc) is 3.32. The highest BCUT2D eigenvalue weighted by Gasteiger charge is 2.17. The number of amidine groups is 1. The van der Waals surface area contributed by atoms with Gasteiger partial charge in [-0.15, -0.1) is 0 Å². The highest BCUT2D eigenvalue weighted by molar-refractivity contribution is 7.99. The number of nitrogens with zero attached hydrogens (tertiary/aromatic N) is 4. The maximum absolute atomic E-state index is 13.4. The van der Waals surface area contributed by atoms with Crippen molar-refractivity contribution in [1.29, 1.82) is 0 Å². The number of benzene rings is 1. The first kappa shape index (κ1) is 26.7. The molecule has 0 aliphatic heterocycles. The van der Waals surface area contributed by atoms with E-state index in [1.54, 1.807) is 7.05 Å². The van der Waals surface area contributed by atoms with Crippen LogP contribution in [-0.2, 0) is 0 Å². The zero-order valence-electron chi connectivity index (χ0n) is 18.5. The number of carbonyl (C=O) groups is 2. The van der Waals surface area contributed by atoms with E-state index in [2.05, 4.69) is 30.9 Å². The van der Waals surface area contributed by atoms with Crippen LogP contribution in [0, 0.1) is 5.82 Å².